The minimum atomic E-state index is -0.000826. The second-order valence-electron chi connectivity index (χ2n) is 5.58. The van der Waals surface area contributed by atoms with Gasteiger partial charge in [0.05, 0.1) is 10.6 Å². The van der Waals surface area contributed by atoms with Crippen molar-refractivity contribution in [2.75, 3.05) is 44.1 Å². The molecule has 0 bridgehead atoms. The first-order valence-electron chi connectivity index (χ1n) is 6.88. The van der Waals surface area contributed by atoms with Gasteiger partial charge in [-0.2, -0.15) is 0 Å². The summed E-state index contributed by atoms with van der Waals surface area (Å²) in [5.74, 6) is 0.703. The standard InChI is InChI=1S/C14H23N3OS2/c1-9-6-5-7-17(8-9)14-12(19-4)10(15)11(20-14)13(18)16(2)3/h9H,5-8,15H2,1-4H3. The SMILES string of the molecule is CSc1c(N2CCCC(C)C2)sc(C(=O)N(C)C)c1N. The third kappa shape index (κ3) is 2.91. The largest absolute Gasteiger partial charge is 0.396 e. The van der Waals surface area contributed by atoms with Gasteiger partial charge in [-0.25, -0.2) is 0 Å². The van der Waals surface area contributed by atoms with Crippen LogP contribution in [0, 0.1) is 5.92 Å². The van der Waals surface area contributed by atoms with Crippen molar-refractivity contribution >= 4 is 39.7 Å². The van der Waals surface area contributed by atoms with E-state index in [9.17, 15) is 4.79 Å². The highest BCUT2D eigenvalue weighted by Gasteiger charge is 2.26. The zero-order valence-corrected chi connectivity index (χ0v) is 14.2. The van der Waals surface area contributed by atoms with E-state index in [2.05, 4.69) is 11.8 Å². The number of nitrogen functional groups attached to an aromatic ring is 1. The van der Waals surface area contributed by atoms with E-state index in [-0.39, 0.29) is 5.91 Å². The molecule has 2 N–H and O–H groups in total. The summed E-state index contributed by atoms with van der Waals surface area (Å²) in [6.07, 6.45) is 4.53. The van der Waals surface area contributed by atoms with Gasteiger partial charge in [-0.15, -0.1) is 23.1 Å². The van der Waals surface area contributed by atoms with Crippen molar-refractivity contribution in [2.45, 2.75) is 24.7 Å². The molecular weight excluding hydrogens is 290 g/mol. The van der Waals surface area contributed by atoms with Gasteiger partial charge in [0.2, 0.25) is 0 Å². The van der Waals surface area contributed by atoms with Crippen LogP contribution in [0.15, 0.2) is 4.90 Å². The summed E-state index contributed by atoms with van der Waals surface area (Å²) in [4.78, 5) is 17.9. The first-order valence-corrected chi connectivity index (χ1v) is 8.92. The Hall–Kier alpha value is -0.880. The molecule has 0 aliphatic carbocycles. The molecule has 20 heavy (non-hydrogen) atoms. The molecule has 2 rings (SSSR count). The Morgan fingerprint density at radius 3 is 2.75 bits per heavy atom. The lowest BCUT2D eigenvalue weighted by Gasteiger charge is -2.32. The molecule has 0 spiro atoms. The van der Waals surface area contributed by atoms with Crippen LogP contribution < -0.4 is 10.6 Å². The van der Waals surface area contributed by atoms with Crippen LogP contribution >= 0.6 is 23.1 Å². The summed E-state index contributed by atoms with van der Waals surface area (Å²) in [5.41, 5.74) is 6.86. The van der Waals surface area contributed by atoms with Crippen molar-refractivity contribution in [1.82, 2.24) is 4.90 Å². The van der Waals surface area contributed by atoms with Gasteiger partial charge in [0.1, 0.15) is 9.88 Å². The molecule has 0 aromatic carbocycles. The summed E-state index contributed by atoms with van der Waals surface area (Å²) in [7, 11) is 3.53. The molecule has 1 saturated heterocycles. The number of piperidine rings is 1. The van der Waals surface area contributed by atoms with E-state index in [0.717, 1.165) is 18.0 Å². The highest BCUT2D eigenvalue weighted by atomic mass is 32.2. The minimum absolute atomic E-state index is 0.000826. The van der Waals surface area contributed by atoms with Crippen LogP contribution in [0.25, 0.3) is 0 Å². The molecular formula is C14H23N3OS2. The smallest absolute Gasteiger partial charge is 0.265 e. The number of amides is 1. The average molecular weight is 313 g/mol. The predicted molar refractivity (Wildman–Crippen MR) is 89.1 cm³/mol. The Morgan fingerprint density at radius 2 is 2.20 bits per heavy atom. The number of nitrogens with zero attached hydrogens (tertiary/aromatic N) is 2. The van der Waals surface area contributed by atoms with Crippen molar-refractivity contribution in [2.24, 2.45) is 5.92 Å². The molecule has 1 aromatic heterocycles. The summed E-state index contributed by atoms with van der Waals surface area (Å²) in [6, 6.07) is 0. The minimum Gasteiger partial charge on any atom is -0.396 e. The topological polar surface area (TPSA) is 49.6 Å². The Labute approximate surface area is 129 Å². The van der Waals surface area contributed by atoms with Crippen LogP contribution in [0.2, 0.25) is 0 Å². The van der Waals surface area contributed by atoms with Crippen molar-refractivity contribution in [3.63, 3.8) is 0 Å². The monoisotopic (exact) mass is 313 g/mol. The summed E-state index contributed by atoms with van der Waals surface area (Å²) in [6.45, 7) is 4.41. The summed E-state index contributed by atoms with van der Waals surface area (Å²) in [5, 5.41) is 1.17. The zero-order valence-electron chi connectivity index (χ0n) is 12.6. The van der Waals surface area contributed by atoms with Gasteiger partial charge in [0.25, 0.3) is 5.91 Å². The summed E-state index contributed by atoms with van der Waals surface area (Å²) >= 11 is 3.18. The van der Waals surface area contributed by atoms with Crippen LogP contribution in [-0.2, 0) is 0 Å². The van der Waals surface area contributed by atoms with E-state index in [1.165, 1.54) is 17.8 Å². The number of hydrogen-bond donors (Lipinski definition) is 1. The van der Waals surface area contributed by atoms with Gasteiger partial charge in [0, 0.05) is 27.2 Å². The van der Waals surface area contributed by atoms with Crippen molar-refractivity contribution in [3.05, 3.63) is 4.88 Å². The molecule has 4 nitrogen and oxygen atoms in total. The molecule has 112 valence electrons. The Bertz CT molecular complexity index is 499. The number of rotatable bonds is 3. The maximum Gasteiger partial charge on any atom is 0.265 e. The van der Waals surface area contributed by atoms with Crippen LogP contribution in [0.1, 0.15) is 29.4 Å². The molecule has 0 radical (unpaired) electrons. The number of thioether (sulfide) groups is 1. The number of nitrogens with two attached hydrogens (primary N) is 1. The van der Waals surface area contributed by atoms with E-state index in [4.69, 9.17) is 5.73 Å². The predicted octanol–water partition coefficient (Wildman–Crippen LogP) is 2.99. The number of carbonyl (C=O) groups is 1. The van der Waals surface area contributed by atoms with E-state index >= 15 is 0 Å². The third-order valence-corrected chi connectivity index (χ3v) is 5.84. The number of thiophene rings is 1. The summed E-state index contributed by atoms with van der Waals surface area (Å²) < 4.78 is 0. The second-order valence-corrected chi connectivity index (χ2v) is 7.39. The Kier molecular flexibility index (Phi) is 4.86. The van der Waals surface area contributed by atoms with Gasteiger partial charge in [-0.05, 0) is 25.0 Å². The van der Waals surface area contributed by atoms with Gasteiger partial charge in [-0.3, -0.25) is 4.79 Å². The van der Waals surface area contributed by atoms with Gasteiger partial charge in [-0.1, -0.05) is 6.92 Å². The molecule has 1 amide bonds. The van der Waals surface area contributed by atoms with Gasteiger partial charge in [0.15, 0.2) is 0 Å². The van der Waals surface area contributed by atoms with E-state index < -0.39 is 0 Å². The van der Waals surface area contributed by atoms with E-state index in [1.807, 2.05) is 6.26 Å². The number of anilines is 2. The molecule has 1 unspecified atom stereocenters. The molecule has 1 aromatic rings. The van der Waals surface area contributed by atoms with Crippen LogP contribution in [0.5, 0.6) is 0 Å². The normalized spacial score (nSPS) is 19.2. The van der Waals surface area contributed by atoms with Crippen LogP contribution in [-0.4, -0.2) is 44.2 Å². The van der Waals surface area contributed by atoms with Crippen LogP contribution in [0.4, 0.5) is 10.7 Å². The fourth-order valence-corrected chi connectivity index (χ4v) is 4.80. The molecule has 0 saturated carbocycles. The molecule has 1 fully saturated rings. The second kappa shape index (κ2) is 6.26. The highest BCUT2D eigenvalue weighted by molar-refractivity contribution is 7.99. The molecule has 1 aliphatic rings. The first kappa shape index (κ1) is 15.5. The lowest BCUT2D eigenvalue weighted by Crippen LogP contribution is -2.33. The molecule has 1 atom stereocenters. The van der Waals surface area contributed by atoms with E-state index in [1.54, 1.807) is 42.1 Å². The average Bonchev–Trinajstić information content (AvgIpc) is 2.74. The van der Waals surface area contributed by atoms with Crippen molar-refractivity contribution in [3.8, 4) is 0 Å². The number of carbonyl (C=O) groups excluding carboxylic acids is 1. The third-order valence-electron chi connectivity index (χ3n) is 3.63. The first-order chi connectivity index (χ1) is 9.45. The molecule has 2 heterocycles. The van der Waals surface area contributed by atoms with Crippen molar-refractivity contribution in [1.29, 1.82) is 0 Å². The fourth-order valence-electron chi connectivity index (χ4n) is 2.56. The quantitative estimate of drug-likeness (QED) is 0.872. The lowest BCUT2D eigenvalue weighted by atomic mass is 10.0. The maximum atomic E-state index is 12.2. The Morgan fingerprint density at radius 1 is 1.50 bits per heavy atom. The van der Waals surface area contributed by atoms with Gasteiger partial charge >= 0.3 is 0 Å². The van der Waals surface area contributed by atoms with Crippen molar-refractivity contribution < 1.29 is 4.79 Å². The fraction of sp³-hybridized carbons (Fsp3) is 0.643. The maximum absolute atomic E-state index is 12.2. The highest BCUT2D eigenvalue weighted by Crippen LogP contribution is 2.45. The molecule has 6 heteroatoms. The van der Waals surface area contributed by atoms with Gasteiger partial charge < -0.3 is 15.5 Å². The number of hydrogen-bond acceptors (Lipinski definition) is 5. The Balaban J connectivity index is 2.37. The van der Waals surface area contributed by atoms with Crippen LogP contribution in [0.3, 0.4) is 0 Å². The molecule has 1 aliphatic heterocycles. The van der Waals surface area contributed by atoms with E-state index in [0.29, 0.717) is 16.5 Å². The zero-order chi connectivity index (χ0) is 14.9. The lowest BCUT2D eigenvalue weighted by molar-refractivity contribution is 0.0833.